The zero-order valence-corrected chi connectivity index (χ0v) is 26.4. The zero-order chi connectivity index (χ0) is 31.3. The van der Waals surface area contributed by atoms with E-state index in [0.29, 0.717) is 34.9 Å². The molecule has 0 aliphatic carbocycles. The first-order valence-electron chi connectivity index (χ1n) is 15.7. The Bertz CT molecular complexity index is 1850. The standard InChI is InChI=1S/C35H37ClFN6O2/c1-4-28(44)43-20-23(17-22(43)2)19-41(3)33-26-18-38-31(25-11-5-9-24-10-6-12-27(36)29(24)25)30(37)32(26)39-34(40-33)45-21-35-13-7-15-42(35)16-8-14-35/h4-6,9-12,18-19,22-23H,1,7-8,13-17,20-21H2,2-3H3/q+1/b41-19-/t22-,23?/m1/s1. The van der Waals surface area contributed by atoms with E-state index in [1.165, 1.54) is 6.08 Å². The Hall–Kier alpha value is -3.95. The summed E-state index contributed by atoms with van der Waals surface area (Å²) in [4.78, 5) is 30.8. The molecule has 2 aromatic heterocycles. The molecule has 3 fully saturated rings. The van der Waals surface area contributed by atoms with Crippen LogP contribution in [-0.4, -0.2) is 86.3 Å². The van der Waals surface area contributed by atoms with Crippen LogP contribution < -0.4 is 4.74 Å². The number of hydrogen-bond acceptors (Lipinski definition) is 6. The number of fused-ring (bicyclic) bond motifs is 3. The summed E-state index contributed by atoms with van der Waals surface area (Å²) in [6.45, 7) is 8.87. The van der Waals surface area contributed by atoms with Gasteiger partial charge in [-0.2, -0.15) is 4.98 Å². The summed E-state index contributed by atoms with van der Waals surface area (Å²) in [6, 6.07) is 11.5. The van der Waals surface area contributed by atoms with E-state index in [-0.39, 0.29) is 40.6 Å². The Morgan fingerprint density at radius 2 is 1.96 bits per heavy atom. The van der Waals surface area contributed by atoms with Gasteiger partial charge in [0.25, 0.3) is 0 Å². The summed E-state index contributed by atoms with van der Waals surface area (Å²) < 4.78 is 24.9. The van der Waals surface area contributed by atoms with Gasteiger partial charge in [-0.1, -0.05) is 48.5 Å². The van der Waals surface area contributed by atoms with Crippen molar-refractivity contribution in [2.24, 2.45) is 5.92 Å². The van der Waals surface area contributed by atoms with Gasteiger partial charge in [0.1, 0.15) is 23.2 Å². The molecule has 10 heteroatoms. The molecule has 0 radical (unpaired) electrons. The van der Waals surface area contributed by atoms with E-state index < -0.39 is 5.82 Å². The van der Waals surface area contributed by atoms with Crippen molar-refractivity contribution in [2.45, 2.75) is 50.6 Å². The lowest BCUT2D eigenvalue weighted by atomic mass is 9.95. The largest absolute Gasteiger partial charge is 0.443 e. The minimum atomic E-state index is -0.555. The predicted molar refractivity (Wildman–Crippen MR) is 175 cm³/mol. The van der Waals surface area contributed by atoms with Crippen LogP contribution in [0.15, 0.2) is 55.3 Å². The molecule has 1 amide bonds. The third kappa shape index (κ3) is 5.25. The van der Waals surface area contributed by atoms with Crippen LogP contribution in [0.4, 0.5) is 10.2 Å². The zero-order valence-electron chi connectivity index (χ0n) is 25.7. The number of halogens is 2. The first-order valence-corrected chi connectivity index (χ1v) is 16.1. The number of hydrogen-bond donors (Lipinski definition) is 0. The van der Waals surface area contributed by atoms with E-state index in [1.807, 2.05) is 60.0 Å². The fraction of sp³-hybridized carbons (Fsp3) is 0.400. The second kappa shape index (κ2) is 11.8. The highest BCUT2D eigenvalue weighted by Crippen LogP contribution is 2.40. The van der Waals surface area contributed by atoms with Crippen molar-refractivity contribution < 1.29 is 18.5 Å². The van der Waals surface area contributed by atoms with Crippen molar-refractivity contribution in [2.75, 3.05) is 33.3 Å². The summed E-state index contributed by atoms with van der Waals surface area (Å²) in [7, 11) is 1.89. The first kappa shape index (κ1) is 29.7. The molecular formula is C35H37ClFN6O2+. The van der Waals surface area contributed by atoms with Crippen molar-refractivity contribution in [3.8, 4) is 17.3 Å². The Morgan fingerprint density at radius 3 is 2.71 bits per heavy atom. The number of carbonyl (C=O) groups excluding carboxylic acids is 1. The van der Waals surface area contributed by atoms with E-state index in [9.17, 15) is 4.79 Å². The molecule has 45 heavy (non-hydrogen) atoms. The van der Waals surface area contributed by atoms with Gasteiger partial charge in [0.2, 0.25) is 5.91 Å². The number of nitrogens with zero attached hydrogens (tertiary/aromatic N) is 6. The molecule has 4 aromatic rings. The van der Waals surface area contributed by atoms with Crippen LogP contribution in [0.3, 0.4) is 0 Å². The van der Waals surface area contributed by atoms with E-state index in [0.717, 1.165) is 56.0 Å². The highest BCUT2D eigenvalue weighted by Gasteiger charge is 2.45. The van der Waals surface area contributed by atoms with Gasteiger partial charge in [0.05, 0.1) is 18.8 Å². The molecule has 7 rings (SSSR count). The maximum Gasteiger partial charge on any atom is 0.434 e. The molecule has 8 nitrogen and oxygen atoms in total. The molecule has 3 aliphatic heterocycles. The molecule has 2 aromatic carbocycles. The van der Waals surface area contributed by atoms with Gasteiger partial charge in [0, 0.05) is 45.7 Å². The summed E-state index contributed by atoms with van der Waals surface area (Å²) >= 11 is 6.61. The molecule has 0 saturated carbocycles. The van der Waals surface area contributed by atoms with E-state index >= 15 is 4.39 Å². The van der Waals surface area contributed by atoms with Gasteiger partial charge in [0.15, 0.2) is 5.82 Å². The molecule has 3 saturated heterocycles. The number of carbonyl (C=O) groups is 1. The van der Waals surface area contributed by atoms with Gasteiger partial charge < -0.3 is 9.64 Å². The van der Waals surface area contributed by atoms with Gasteiger partial charge in [-0.3, -0.25) is 14.7 Å². The van der Waals surface area contributed by atoms with E-state index in [1.54, 1.807) is 12.3 Å². The first-order chi connectivity index (χ1) is 21.8. The van der Waals surface area contributed by atoms with Gasteiger partial charge in [-0.25, -0.2) is 8.97 Å². The Labute approximate surface area is 267 Å². The van der Waals surface area contributed by atoms with Crippen LogP contribution in [0.5, 0.6) is 6.01 Å². The highest BCUT2D eigenvalue weighted by atomic mass is 35.5. The predicted octanol–water partition coefficient (Wildman–Crippen LogP) is 6.41. The van der Waals surface area contributed by atoms with Crippen LogP contribution >= 0.6 is 11.6 Å². The van der Waals surface area contributed by atoms with E-state index in [4.69, 9.17) is 21.3 Å². The lowest BCUT2D eigenvalue weighted by Crippen LogP contribution is -2.43. The van der Waals surface area contributed by atoms with Crippen LogP contribution in [0.2, 0.25) is 5.02 Å². The summed E-state index contributed by atoms with van der Waals surface area (Å²) in [5, 5.41) is 2.63. The maximum atomic E-state index is 16.7. The van der Waals surface area contributed by atoms with E-state index in [2.05, 4.69) is 21.4 Å². The lowest BCUT2D eigenvalue weighted by Gasteiger charge is -2.30. The average molecular weight is 628 g/mol. The molecule has 2 atom stereocenters. The van der Waals surface area contributed by atoms with Crippen molar-refractivity contribution in [1.29, 1.82) is 0 Å². The number of aromatic nitrogens is 3. The molecule has 1 unspecified atom stereocenters. The minimum Gasteiger partial charge on any atom is -0.443 e. The Morgan fingerprint density at radius 1 is 1.20 bits per heavy atom. The van der Waals surface area contributed by atoms with Crippen LogP contribution in [-0.2, 0) is 4.79 Å². The molecule has 0 spiro atoms. The van der Waals surface area contributed by atoms with Crippen molar-refractivity contribution in [3.63, 3.8) is 0 Å². The van der Waals surface area contributed by atoms with Gasteiger partial charge in [-0.15, -0.1) is 0 Å². The third-order valence-electron chi connectivity index (χ3n) is 9.87. The molecule has 232 valence electrons. The summed E-state index contributed by atoms with van der Waals surface area (Å²) in [5.41, 5.74) is 0.889. The quantitative estimate of drug-likeness (QED) is 0.134. The second-order valence-electron chi connectivity index (χ2n) is 12.7. The summed E-state index contributed by atoms with van der Waals surface area (Å²) in [5.74, 6) is -0.0516. The number of amides is 1. The fourth-order valence-electron chi connectivity index (χ4n) is 7.69. The average Bonchev–Trinajstić information content (AvgIpc) is 3.73. The molecular weight excluding hydrogens is 591 g/mol. The Balaban J connectivity index is 1.32. The van der Waals surface area contributed by atoms with Gasteiger partial charge >= 0.3 is 11.8 Å². The topological polar surface area (TPSA) is 74.5 Å². The maximum absolute atomic E-state index is 16.7. The number of benzene rings is 2. The Kier molecular flexibility index (Phi) is 7.78. The summed E-state index contributed by atoms with van der Waals surface area (Å²) in [6.07, 6.45) is 10.3. The van der Waals surface area contributed by atoms with Crippen LogP contribution in [0.25, 0.3) is 32.9 Å². The van der Waals surface area contributed by atoms with Crippen LogP contribution in [0.1, 0.15) is 39.0 Å². The lowest BCUT2D eigenvalue weighted by molar-refractivity contribution is -0.405. The molecule has 0 bridgehead atoms. The highest BCUT2D eigenvalue weighted by molar-refractivity contribution is 6.36. The smallest absolute Gasteiger partial charge is 0.434 e. The van der Waals surface area contributed by atoms with Crippen LogP contribution in [0, 0.1) is 11.7 Å². The molecule has 0 N–H and O–H groups in total. The van der Waals surface area contributed by atoms with Crippen molar-refractivity contribution in [1.82, 2.24) is 24.8 Å². The number of rotatable bonds is 7. The van der Waals surface area contributed by atoms with Crippen molar-refractivity contribution >= 4 is 51.2 Å². The van der Waals surface area contributed by atoms with Crippen molar-refractivity contribution in [3.05, 3.63) is 66.1 Å². The third-order valence-corrected chi connectivity index (χ3v) is 10.2. The number of pyridine rings is 1. The normalized spacial score (nSPS) is 21.5. The number of ether oxygens (including phenoxy) is 1. The SMILES string of the molecule is C=CC(=O)N1CC(/C=[N+](/C)c2nc(OCC34CCCN3CCC4)nc3c(F)c(-c4cccc5cccc(Cl)c45)ncc23)C[C@H]1C. The fourth-order valence-corrected chi connectivity index (χ4v) is 7.97. The van der Waals surface area contributed by atoms with Gasteiger partial charge in [-0.05, 0) is 69.6 Å². The second-order valence-corrected chi connectivity index (χ2v) is 13.1. The molecule has 5 heterocycles. The monoisotopic (exact) mass is 627 g/mol. The molecule has 3 aliphatic rings. The minimum absolute atomic E-state index is 0.0146. The number of likely N-dealkylation sites (tertiary alicyclic amines) is 1.